The second kappa shape index (κ2) is 21.0. The highest BCUT2D eigenvalue weighted by Crippen LogP contribution is 2.11. The molecular formula is C23H49N. The van der Waals surface area contributed by atoms with Gasteiger partial charge in [-0.3, -0.25) is 0 Å². The van der Waals surface area contributed by atoms with Crippen molar-refractivity contribution in [2.45, 2.75) is 130 Å². The Balaban J connectivity index is 3.64. The molecule has 0 fully saturated rings. The van der Waals surface area contributed by atoms with E-state index in [1.165, 1.54) is 129 Å². The summed E-state index contributed by atoms with van der Waals surface area (Å²) in [4.78, 5) is 2.77. The summed E-state index contributed by atoms with van der Waals surface area (Å²) in [5.41, 5.74) is 0. The van der Waals surface area contributed by atoms with Gasteiger partial charge in [-0.05, 0) is 38.9 Å². The molecule has 0 atom stereocenters. The number of unbranched alkanes of at least 4 members (excludes halogenated alkanes) is 14. The van der Waals surface area contributed by atoms with Crippen LogP contribution in [0.5, 0.6) is 0 Å². The second-order valence-electron chi connectivity index (χ2n) is 7.79. The summed E-state index contributed by atoms with van der Waals surface area (Å²) in [5.74, 6) is 0. The maximum atomic E-state index is 2.77. The molecular weight excluding hydrogens is 290 g/mol. The summed E-state index contributed by atoms with van der Waals surface area (Å²) in [7, 11) is 0. The standard InChI is InChI=1S/C23H49N/c1-4-7-10-12-14-16-19-22-24(21-18-9-6-3)23-20-17-15-13-11-8-5-2/h4-23H2,1-3H3. The molecule has 146 valence electrons. The third-order valence-corrected chi connectivity index (χ3v) is 5.23. The molecule has 0 rings (SSSR count). The monoisotopic (exact) mass is 339 g/mol. The van der Waals surface area contributed by atoms with Crippen LogP contribution in [0.3, 0.4) is 0 Å². The van der Waals surface area contributed by atoms with E-state index in [1.54, 1.807) is 0 Å². The molecule has 0 aliphatic heterocycles. The highest BCUT2D eigenvalue weighted by atomic mass is 15.1. The van der Waals surface area contributed by atoms with Crippen molar-refractivity contribution in [2.75, 3.05) is 19.6 Å². The third kappa shape index (κ3) is 18.3. The van der Waals surface area contributed by atoms with E-state index in [9.17, 15) is 0 Å². The first-order chi connectivity index (χ1) is 11.8. The van der Waals surface area contributed by atoms with Crippen LogP contribution in [-0.2, 0) is 0 Å². The molecule has 0 saturated carbocycles. The fourth-order valence-corrected chi connectivity index (χ4v) is 3.51. The van der Waals surface area contributed by atoms with Gasteiger partial charge >= 0.3 is 0 Å². The van der Waals surface area contributed by atoms with E-state index in [4.69, 9.17) is 0 Å². The number of hydrogen-bond acceptors (Lipinski definition) is 1. The number of rotatable bonds is 20. The lowest BCUT2D eigenvalue weighted by atomic mass is 10.1. The molecule has 0 unspecified atom stereocenters. The van der Waals surface area contributed by atoms with Gasteiger partial charge in [0.1, 0.15) is 0 Å². The summed E-state index contributed by atoms with van der Waals surface area (Å²) >= 11 is 0. The SMILES string of the molecule is CCCCCCCCCN(CCCCC)CCCCCCCCC. The molecule has 0 bridgehead atoms. The van der Waals surface area contributed by atoms with Gasteiger partial charge in [0.15, 0.2) is 0 Å². The second-order valence-corrected chi connectivity index (χ2v) is 7.79. The fraction of sp³-hybridized carbons (Fsp3) is 1.00. The maximum absolute atomic E-state index is 2.77. The van der Waals surface area contributed by atoms with E-state index in [-0.39, 0.29) is 0 Å². The van der Waals surface area contributed by atoms with Crippen molar-refractivity contribution < 1.29 is 0 Å². The van der Waals surface area contributed by atoms with Gasteiger partial charge in [0.25, 0.3) is 0 Å². The van der Waals surface area contributed by atoms with Crippen molar-refractivity contribution >= 4 is 0 Å². The molecule has 0 aliphatic rings. The molecule has 24 heavy (non-hydrogen) atoms. The van der Waals surface area contributed by atoms with Crippen molar-refractivity contribution in [3.63, 3.8) is 0 Å². The van der Waals surface area contributed by atoms with Gasteiger partial charge in [-0.25, -0.2) is 0 Å². The topological polar surface area (TPSA) is 3.24 Å². The number of nitrogens with zero attached hydrogens (tertiary/aromatic N) is 1. The Labute approximate surface area is 155 Å². The predicted molar refractivity (Wildman–Crippen MR) is 112 cm³/mol. The number of hydrogen-bond donors (Lipinski definition) is 0. The Hall–Kier alpha value is -0.0400. The van der Waals surface area contributed by atoms with Crippen LogP contribution in [0.4, 0.5) is 0 Å². The van der Waals surface area contributed by atoms with Crippen LogP contribution in [0, 0.1) is 0 Å². The molecule has 0 aromatic carbocycles. The van der Waals surface area contributed by atoms with Crippen LogP contribution in [0.2, 0.25) is 0 Å². The van der Waals surface area contributed by atoms with Gasteiger partial charge < -0.3 is 4.90 Å². The predicted octanol–water partition coefficient (Wildman–Crippen LogP) is 7.98. The Kier molecular flexibility index (Phi) is 21.0. The summed E-state index contributed by atoms with van der Waals surface area (Å²) in [6.45, 7) is 11.0. The molecule has 0 aliphatic carbocycles. The zero-order valence-electron chi connectivity index (χ0n) is 17.6. The highest BCUT2D eigenvalue weighted by Gasteiger charge is 2.04. The van der Waals surface area contributed by atoms with Crippen molar-refractivity contribution in [1.29, 1.82) is 0 Å². The quantitative estimate of drug-likeness (QED) is 0.203. The molecule has 0 radical (unpaired) electrons. The van der Waals surface area contributed by atoms with E-state index < -0.39 is 0 Å². The van der Waals surface area contributed by atoms with Crippen molar-refractivity contribution in [2.24, 2.45) is 0 Å². The van der Waals surface area contributed by atoms with Crippen LogP contribution < -0.4 is 0 Å². The van der Waals surface area contributed by atoms with Gasteiger partial charge in [-0.2, -0.15) is 0 Å². The Morgan fingerprint density at radius 2 is 0.583 bits per heavy atom. The van der Waals surface area contributed by atoms with Crippen LogP contribution in [0.25, 0.3) is 0 Å². The van der Waals surface area contributed by atoms with Crippen molar-refractivity contribution in [3.8, 4) is 0 Å². The van der Waals surface area contributed by atoms with Gasteiger partial charge in [0.2, 0.25) is 0 Å². The molecule has 1 nitrogen and oxygen atoms in total. The van der Waals surface area contributed by atoms with Crippen LogP contribution >= 0.6 is 0 Å². The first-order valence-electron chi connectivity index (χ1n) is 11.6. The summed E-state index contributed by atoms with van der Waals surface area (Å²) in [6.07, 6.45) is 24.2. The normalized spacial score (nSPS) is 11.5. The minimum absolute atomic E-state index is 1.35. The summed E-state index contributed by atoms with van der Waals surface area (Å²) < 4.78 is 0. The molecule has 0 amide bonds. The lowest BCUT2D eigenvalue weighted by Gasteiger charge is -2.22. The molecule has 0 aromatic rings. The van der Waals surface area contributed by atoms with Crippen LogP contribution in [0.15, 0.2) is 0 Å². The molecule has 0 N–H and O–H groups in total. The van der Waals surface area contributed by atoms with Crippen molar-refractivity contribution in [3.05, 3.63) is 0 Å². The zero-order valence-corrected chi connectivity index (χ0v) is 17.6. The summed E-state index contributed by atoms with van der Waals surface area (Å²) in [5, 5.41) is 0. The van der Waals surface area contributed by atoms with Gasteiger partial charge in [-0.15, -0.1) is 0 Å². The maximum Gasteiger partial charge on any atom is -0.00187 e. The van der Waals surface area contributed by atoms with E-state index in [2.05, 4.69) is 25.7 Å². The average molecular weight is 340 g/mol. The van der Waals surface area contributed by atoms with E-state index in [1.807, 2.05) is 0 Å². The molecule has 0 aromatic heterocycles. The van der Waals surface area contributed by atoms with E-state index in [0.717, 1.165) is 0 Å². The lowest BCUT2D eigenvalue weighted by Crippen LogP contribution is -2.27. The minimum Gasteiger partial charge on any atom is -0.303 e. The molecule has 0 saturated heterocycles. The highest BCUT2D eigenvalue weighted by molar-refractivity contribution is 4.60. The molecule has 0 heterocycles. The fourth-order valence-electron chi connectivity index (χ4n) is 3.51. The minimum atomic E-state index is 1.35. The summed E-state index contributed by atoms with van der Waals surface area (Å²) in [6, 6.07) is 0. The van der Waals surface area contributed by atoms with E-state index in [0.29, 0.717) is 0 Å². The Morgan fingerprint density at radius 1 is 0.333 bits per heavy atom. The Morgan fingerprint density at radius 3 is 0.958 bits per heavy atom. The first kappa shape index (κ1) is 24.0. The van der Waals surface area contributed by atoms with E-state index >= 15 is 0 Å². The average Bonchev–Trinajstić information content (AvgIpc) is 2.59. The molecule has 1 heteroatoms. The smallest absolute Gasteiger partial charge is 0.00187 e. The van der Waals surface area contributed by atoms with Gasteiger partial charge in [0, 0.05) is 0 Å². The van der Waals surface area contributed by atoms with Crippen molar-refractivity contribution in [1.82, 2.24) is 4.90 Å². The first-order valence-corrected chi connectivity index (χ1v) is 11.6. The van der Waals surface area contributed by atoms with Gasteiger partial charge in [-0.1, -0.05) is 111 Å². The van der Waals surface area contributed by atoms with Gasteiger partial charge in [0.05, 0.1) is 0 Å². The molecule has 0 spiro atoms. The third-order valence-electron chi connectivity index (χ3n) is 5.23. The zero-order chi connectivity index (χ0) is 17.7. The largest absolute Gasteiger partial charge is 0.303 e. The Bertz CT molecular complexity index is 196. The van der Waals surface area contributed by atoms with Crippen LogP contribution in [0.1, 0.15) is 130 Å². The lowest BCUT2D eigenvalue weighted by molar-refractivity contribution is 0.255. The van der Waals surface area contributed by atoms with Crippen LogP contribution in [-0.4, -0.2) is 24.5 Å².